The summed E-state index contributed by atoms with van der Waals surface area (Å²) in [6, 6.07) is 9.44. The van der Waals surface area contributed by atoms with Crippen LogP contribution in [0.3, 0.4) is 0 Å². The monoisotopic (exact) mass is 359 g/mol. The normalized spacial score (nSPS) is 13.5. The number of imide groups is 1. The lowest BCUT2D eigenvalue weighted by Crippen LogP contribution is -2.30. The zero-order valence-corrected chi connectivity index (χ0v) is 13.0. The van der Waals surface area contributed by atoms with E-state index in [0.29, 0.717) is 21.2 Å². The summed E-state index contributed by atoms with van der Waals surface area (Å²) in [4.78, 5) is 37.2. The molecule has 0 fully saturated rings. The Labute approximate surface area is 134 Å². The number of carboxylic acids is 1. The number of rotatable bonds is 2. The Morgan fingerprint density at radius 3 is 2.14 bits per heavy atom. The molecule has 0 radical (unpaired) electrons. The number of benzene rings is 2. The molecule has 22 heavy (non-hydrogen) atoms. The molecule has 0 atom stereocenters. The molecule has 3 rings (SSSR count). The molecular weight excluding hydrogens is 350 g/mol. The Morgan fingerprint density at radius 2 is 1.64 bits per heavy atom. The van der Waals surface area contributed by atoms with Gasteiger partial charge in [-0.1, -0.05) is 12.1 Å². The van der Waals surface area contributed by atoms with Gasteiger partial charge in [0.05, 0.1) is 22.4 Å². The van der Waals surface area contributed by atoms with Gasteiger partial charge in [-0.15, -0.1) is 0 Å². The third-order valence-electron chi connectivity index (χ3n) is 3.56. The molecule has 1 aliphatic heterocycles. The molecule has 2 aromatic rings. The first-order chi connectivity index (χ1) is 10.4. The number of aromatic carboxylic acids is 1. The molecule has 0 aliphatic carbocycles. The van der Waals surface area contributed by atoms with Crippen LogP contribution in [0, 0.1) is 6.92 Å². The van der Waals surface area contributed by atoms with E-state index >= 15 is 0 Å². The number of hydrogen-bond acceptors (Lipinski definition) is 3. The predicted octanol–water partition coefficient (Wildman–Crippen LogP) is 3.26. The molecule has 0 aromatic heterocycles. The zero-order chi connectivity index (χ0) is 16.0. The molecule has 110 valence electrons. The van der Waals surface area contributed by atoms with Gasteiger partial charge in [0.2, 0.25) is 0 Å². The van der Waals surface area contributed by atoms with Gasteiger partial charge in [0.1, 0.15) is 0 Å². The van der Waals surface area contributed by atoms with E-state index in [9.17, 15) is 19.5 Å². The van der Waals surface area contributed by atoms with E-state index in [0.717, 1.165) is 4.90 Å². The van der Waals surface area contributed by atoms with Crippen LogP contribution in [-0.2, 0) is 0 Å². The third-order valence-corrected chi connectivity index (χ3v) is 4.19. The number of amides is 2. The number of nitrogens with zero attached hydrogens (tertiary/aromatic N) is 1. The number of carbonyl (C=O) groups is 3. The molecule has 0 unspecified atom stereocenters. The fourth-order valence-electron chi connectivity index (χ4n) is 2.47. The molecule has 2 amide bonds. The fourth-order valence-corrected chi connectivity index (χ4v) is 3.11. The maximum Gasteiger partial charge on any atom is 0.336 e. The van der Waals surface area contributed by atoms with Crippen molar-refractivity contribution >= 4 is 39.4 Å². The van der Waals surface area contributed by atoms with Crippen LogP contribution in [0.15, 0.2) is 40.9 Å². The van der Waals surface area contributed by atoms with Crippen LogP contribution in [0.4, 0.5) is 5.69 Å². The van der Waals surface area contributed by atoms with Crippen LogP contribution in [0.5, 0.6) is 0 Å². The van der Waals surface area contributed by atoms with Gasteiger partial charge in [-0.3, -0.25) is 9.59 Å². The molecule has 0 saturated heterocycles. The molecular formula is C16H10BrNO4. The van der Waals surface area contributed by atoms with Crippen LogP contribution < -0.4 is 4.90 Å². The van der Waals surface area contributed by atoms with E-state index in [2.05, 4.69) is 15.9 Å². The highest BCUT2D eigenvalue weighted by Gasteiger charge is 2.37. The summed E-state index contributed by atoms with van der Waals surface area (Å²) in [7, 11) is 0. The summed E-state index contributed by atoms with van der Waals surface area (Å²) in [5.74, 6) is -2.02. The SMILES string of the molecule is Cc1cc(Br)c(N2C(=O)c3ccccc3C2=O)cc1C(=O)O. The predicted molar refractivity (Wildman–Crippen MR) is 83.4 cm³/mol. The minimum atomic E-state index is -1.11. The van der Waals surface area contributed by atoms with Crippen molar-refractivity contribution < 1.29 is 19.5 Å². The van der Waals surface area contributed by atoms with Crippen LogP contribution in [-0.4, -0.2) is 22.9 Å². The first-order valence-corrected chi connectivity index (χ1v) is 7.22. The number of carboxylic acid groups (broad SMARTS) is 1. The molecule has 1 aliphatic rings. The van der Waals surface area contributed by atoms with Crippen LogP contribution in [0.2, 0.25) is 0 Å². The van der Waals surface area contributed by atoms with Gasteiger partial charge >= 0.3 is 5.97 Å². The second-order valence-corrected chi connectivity index (χ2v) is 5.77. The minimum Gasteiger partial charge on any atom is -0.478 e. The van der Waals surface area contributed by atoms with Crippen LogP contribution in [0.1, 0.15) is 36.6 Å². The summed E-state index contributed by atoms with van der Waals surface area (Å²) in [6.45, 7) is 1.65. The van der Waals surface area contributed by atoms with Gasteiger partial charge in [-0.2, -0.15) is 0 Å². The van der Waals surface area contributed by atoms with E-state index in [1.54, 1.807) is 37.3 Å². The number of halogens is 1. The lowest BCUT2D eigenvalue weighted by molar-refractivity contribution is 0.0695. The van der Waals surface area contributed by atoms with Crippen molar-refractivity contribution in [3.8, 4) is 0 Å². The van der Waals surface area contributed by atoms with Crippen molar-refractivity contribution in [3.05, 3.63) is 63.1 Å². The molecule has 0 spiro atoms. The van der Waals surface area contributed by atoms with Gasteiger partial charge in [0.15, 0.2) is 0 Å². The molecule has 6 heteroatoms. The summed E-state index contributed by atoms with van der Waals surface area (Å²) < 4.78 is 0.490. The molecule has 2 aromatic carbocycles. The Morgan fingerprint density at radius 1 is 1.09 bits per heavy atom. The Bertz CT molecular complexity index is 809. The largest absolute Gasteiger partial charge is 0.478 e. The van der Waals surface area contributed by atoms with E-state index < -0.39 is 17.8 Å². The number of aryl methyl sites for hydroxylation is 1. The third kappa shape index (κ3) is 2.03. The lowest BCUT2D eigenvalue weighted by Gasteiger charge is -2.17. The van der Waals surface area contributed by atoms with Gasteiger partial charge in [0, 0.05) is 4.47 Å². The average molecular weight is 360 g/mol. The second-order valence-electron chi connectivity index (χ2n) is 4.91. The van der Waals surface area contributed by atoms with E-state index in [1.165, 1.54) is 6.07 Å². The maximum absolute atomic E-state index is 12.5. The minimum absolute atomic E-state index is 0.0507. The quantitative estimate of drug-likeness (QED) is 0.835. The molecule has 1 N–H and O–H groups in total. The van der Waals surface area contributed by atoms with Crippen molar-refractivity contribution in [2.45, 2.75) is 6.92 Å². The van der Waals surface area contributed by atoms with Crippen molar-refractivity contribution in [2.75, 3.05) is 4.90 Å². The van der Waals surface area contributed by atoms with Crippen molar-refractivity contribution in [1.29, 1.82) is 0 Å². The highest BCUT2D eigenvalue weighted by molar-refractivity contribution is 9.10. The summed E-state index contributed by atoms with van der Waals surface area (Å²) in [5.41, 5.74) is 1.46. The number of carbonyl (C=O) groups excluding carboxylic acids is 2. The van der Waals surface area contributed by atoms with Gasteiger partial charge in [-0.25, -0.2) is 9.69 Å². The van der Waals surface area contributed by atoms with E-state index in [1.807, 2.05) is 0 Å². The van der Waals surface area contributed by atoms with Crippen molar-refractivity contribution in [1.82, 2.24) is 0 Å². The van der Waals surface area contributed by atoms with E-state index in [-0.39, 0.29) is 11.3 Å². The summed E-state index contributed by atoms with van der Waals surface area (Å²) in [6.07, 6.45) is 0. The van der Waals surface area contributed by atoms with Gasteiger partial charge in [-0.05, 0) is 52.7 Å². The second kappa shape index (κ2) is 5.06. The highest BCUT2D eigenvalue weighted by Crippen LogP contribution is 2.35. The number of anilines is 1. The fraction of sp³-hybridized carbons (Fsp3) is 0.0625. The Kier molecular flexibility index (Phi) is 3.33. The lowest BCUT2D eigenvalue weighted by atomic mass is 10.1. The number of fused-ring (bicyclic) bond motifs is 1. The smallest absolute Gasteiger partial charge is 0.336 e. The van der Waals surface area contributed by atoms with Gasteiger partial charge < -0.3 is 5.11 Å². The Balaban J connectivity index is 2.18. The topological polar surface area (TPSA) is 74.7 Å². The molecule has 5 nitrogen and oxygen atoms in total. The molecule has 0 saturated carbocycles. The summed E-state index contributed by atoms with van der Waals surface area (Å²) >= 11 is 3.30. The summed E-state index contributed by atoms with van der Waals surface area (Å²) in [5, 5.41) is 9.23. The molecule has 0 bridgehead atoms. The van der Waals surface area contributed by atoms with Crippen molar-refractivity contribution in [2.24, 2.45) is 0 Å². The number of hydrogen-bond donors (Lipinski definition) is 1. The van der Waals surface area contributed by atoms with Gasteiger partial charge in [0.25, 0.3) is 11.8 Å². The zero-order valence-electron chi connectivity index (χ0n) is 11.5. The average Bonchev–Trinajstić information content (AvgIpc) is 2.72. The highest BCUT2D eigenvalue weighted by atomic mass is 79.9. The first-order valence-electron chi connectivity index (χ1n) is 6.43. The maximum atomic E-state index is 12.5. The Hall–Kier alpha value is -2.47. The van der Waals surface area contributed by atoms with Crippen LogP contribution in [0.25, 0.3) is 0 Å². The van der Waals surface area contributed by atoms with E-state index in [4.69, 9.17) is 0 Å². The van der Waals surface area contributed by atoms with Crippen molar-refractivity contribution in [3.63, 3.8) is 0 Å². The first kappa shape index (κ1) is 14.5. The standard InChI is InChI=1S/C16H10BrNO4/c1-8-6-12(17)13(7-11(8)16(21)22)18-14(19)9-4-2-3-5-10(9)15(18)20/h2-7H,1H3,(H,21,22). The van der Waals surface area contributed by atoms with Crippen LogP contribution >= 0.6 is 15.9 Å². The molecule has 1 heterocycles.